The van der Waals surface area contributed by atoms with E-state index in [9.17, 15) is 0 Å². The predicted octanol–water partition coefficient (Wildman–Crippen LogP) is 3.95. The van der Waals surface area contributed by atoms with Crippen molar-refractivity contribution in [3.63, 3.8) is 0 Å². The van der Waals surface area contributed by atoms with Gasteiger partial charge >= 0.3 is 0 Å². The van der Waals surface area contributed by atoms with Crippen molar-refractivity contribution in [2.24, 2.45) is 0 Å². The molecular formula is C12H12Cl2N2S. The minimum atomic E-state index is 0.106. The summed E-state index contributed by atoms with van der Waals surface area (Å²) in [4.78, 5) is 4.31. The number of likely N-dealkylation sites (N-methyl/N-ethyl adjacent to an activating group) is 1. The lowest BCUT2D eigenvalue weighted by atomic mass is 10.1. The monoisotopic (exact) mass is 286 g/mol. The van der Waals surface area contributed by atoms with Crippen molar-refractivity contribution < 1.29 is 0 Å². The zero-order valence-corrected chi connectivity index (χ0v) is 11.6. The van der Waals surface area contributed by atoms with Gasteiger partial charge in [0.1, 0.15) is 0 Å². The normalized spacial score (nSPS) is 12.6. The van der Waals surface area contributed by atoms with Crippen LogP contribution >= 0.6 is 34.5 Å². The highest BCUT2D eigenvalue weighted by Gasteiger charge is 2.15. The molecule has 1 atom stereocenters. The largest absolute Gasteiger partial charge is 0.311 e. The smallest absolute Gasteiger partial charge is 0.0763 e. The quantitative estimate of drug-likeness (QED) is 0.921. The topological polar surface area (TPSA) is 24.9 Å². The average molecular weight is 287 g/mol. The number of nitrogens with zero attached hydrogens (tertiary/aromatic N) is 1. The summed E-state index contributed by atoms with van der Waals surface area (Å²) in [6.07, 6.45) is 2.50. The van der Waals surface area contributed by atoms with Crippen LogP contribution in [0.2, 0.25) is 10.0 Å². The lowest BCUT2D eigenvalue weighted by molar-refractivity contribution is 0.577. The van der Waals surface area contributed by atoms with Crippen LogP contribution in [0.25, 0.3) is 0 Å². The van der Waals surface area contributed by atoms with Crippen molar-refractivity contribution in [2.45, 2.75) is 12.5 Å². The Morgan fingerprint density at radius 3 is 2.88 bits per heavy atom. The number of nitrogens with one attached hydrogen (secondary N) is 1. The summed E-state index contributed by atoms with van der Waals surface area (Å²) in [7, 11) is 1.91. The number of hydrogen-bond donors (Lipinski definition) is 1. The summed E-state index contributed by atoms with van der Waals surface area (Å²) in [5.74, 6) is 0. The second-order valence-corrected chi connectivity index (χ2v) is 5.32. The molecule has 17 heavy (non-hydrogen) atoms. The van der Waals surface area contributed by atoms with Gasteiger partial charge in [0, 0.05) is 6.20 Å². The van der Waals surface area contributed by atoms with Crippen LogP contribution in [0.4, 0.5) is 0 Å². The van der Waals surface area contributed by atoms with E-state index in [0.717, 1.165) is 12.1 Å². The predicted molar refractivity (Wildman–Crippen MR) is 74.1 cm³/mol. The first-order valence-electron chi connectivity index (χ1n) is 5.20. The van der Waals surface area contributed by atoms with E-state index in [-0.39, 0.29) is 6.04 Å². The van der Waals surface area contributed by atoms with E-state index < -0.39 is 0 Å². The highest BCUT2D eigenvalue weighted by molar-refractivity contribution is 7.07. The van der Waals surface area contributed by atoms with Crippen molar-refractivity contribution in [1.29, 1.82) is 0 Å². The number of aromatic nitrogens is 1. The zero-order chi connectivity index (χ0) is 12.3. The van der Waals surface area contributed by atoms with Gasteiger partial charge in [-0.25, -0.2) is 0 Å². The molecule has 2 aromatic rings. The fraction of sp³-hybridized carbons (Fsp3) is 0.250. The second kappa shape index (κ2) is 5.83. The van der Waals surface area contributed by atoms with E-state index in [1.807, 2.05) is 7.05 Å². The molecule has 2 rings (SSSR count). The summed E-state index contributed by atoms with van der Waals surface area (Å²) in [6.45, 7) is 0. The van der Waals surface area contributed by atoms with E-state index >= 15 is 0 Å². The highest BCUT2D eigenvalue weighted by Crippen LogP contribution is 2.26. The molecule has 90 valence electrons. The van der Waals surface area contributed by atoms with Gasteiger partial charge in [-0.1, -0.05) is 23.2 Å². The van der Waals surface area contributed by atoms with Crippen molar-refractivity contribution in [3.8, 4) is 0 Å². The van der Waals surface area contributed by atoms with Crippen LogP contribution in [0, 0.1) is 0 Å². The van der Waals surface area contributed by atoms with Gasteiger partial charge in [-0.15, -0.1) is 0 Å². The van der Waals surface area contributed by atoms with Gasteiger partial charge in [0.05, 0.1) is 21.8 Å². The maximum absolute atomic E-state index is 6.16. The Balaban J connectivity index is 2.23. The van der Waals surface area contributed by atoms with E-state index in [0.29, 0.717) is 10.0 Å². The Hall–Kier alpha value is -0.610. The van der Waals surface area contributed by atoms with Gasteiger partial charge in [-0.2, -0.15) is 11.3 Å². The summed E-state index contributed by atoms with van der Waals surface area (Å²) in [5, 5.41) is 8.60. The van der Waals surface area contributed by atoms with Crippen LogP contribution < -0.4 is 5.32 Å². The number of rotatable bonds is 4. The minimum absolute atomic E-state index is 0.106. The fourth-order valence-electron chi connectivity index (χ4n) is 1.66. The third kappa shape index (κ3) is 3.19. The van der Waals surface area contributed by atoms with Gasteiger partial charge in [0.2, 0.25) is 0 Å². The molecule has 0 aromatic carbocycles. The Bertz CT molecular complexity index is 485. The Morgan fingerprint density at radius 1 is 1.47 bits per heavy atom. The van der Waals surface area contributed by atoms with Crippen molar-refractivity contribution in [2.75, 3.05) is 7.05 Å². The summed E-state index contributed by atoms with van der Waals surface area (Å²) in [5.41, 5.74) is 2.12. The Morgan fingerprint density at radius 2 is 2.29 bits per heavy atom. The maximum atomic E-state index is 6.16. The van der Waals surface area contributed by atoms with E-state index in [1.54, 1.807) is 23.6 Å². The molecule has 0 aliphatic carbocycles. The third-order valence-electron chi connectivity index (χ3n) is 2.53. The van der Waals surface area contributed by atoms with Crippen LogP contribution in [0.1, 0.15) is 17.3 Å². The second-order valence-electron chi connectivity index (χ2n) is 3.70. The molecule has 0 bridgehead atoms. The summed E-state index contributed by atoms with van der Waals surface area (Å²) < 4.78 is 0. The number of thiophene rings is 1. The standard InChI is InChI=1S/C12H12Cl2N2S/c1-15-11(4-8-2-3-17-7-8)12-10(14)5-9(13)6-16-12/h2-3,5-7,11,15H,4H2,1H3. The number of halogens is 2. The molecule has 2 heterocycles. The summed E-state index contributed by atoms with van der Waals surface area (Å²) >= 11 is 13.7. The molecular weight excluding hydrogens is 275 g/mol. The molecule has 0 aliphatic heterocycles. The van der Waals surface area contributed by atoms with Crippen molar-refractivity contribution in [1.82, 2.24) is 10.3 Å². The highest BCUT2D eigenvalue weighted by atomic mass is 35.5. The van der Waals surface area contributed by atoms with Crippen LogP contribution in [-0.4, -0.2) is 12.0 Å². The van der Waals surface area contributed by atoms with Crippen molar-refractivity contribution >= 4 is 34.5 Å². The van der Waals surface area contributed by atoms with Crippen LogP contribution in [0.3, 0.4) is 0 Å². The Kier molecular flexibility index (Phi) is 4.40. The molecule has 2 aromatic heterocycles. The van der Waals surface area contributed by atoms with Gasteiger partial charge in [-0.3, -0.25) is 4.98 Å². The molecule has 1 unspecified atom stereocenters. The minimum Gasteiger partial charge on any atom is -0.311 e. The van der Waals surface area contributed by atoms with E-state index in [1.165, 1.54) is 5.56 Å². The number of pyridine rings is 1. The maximum Gasteiger partial charge on any atom is 0.0763 e. The fourth-order valence-corrected chi connectivity index (χ4v) is 2.85. The molecule has 0 saturated heterocycles. The van der Waals surface area contributed by atoms with E-state index in [4.69, 9.17) is 23.2 Å². The molecule has 0 amide bonds. The molecule has 5 heteroatoms. The molecule has 0 spiro atoms. The van der Waals surface area contributed by atoms with Crippen LogP contribution in [0.5, 0.6) is 0 Å². The van der Waals surface area contributed by atoms with Crippen LogP contribution in [0.15, 0.2) is 29.1 Å². The first-order chi connectivity index (χ1) is 8.20. The third-order valence-corrected chi connectivity index (χ3v) is 3.78. The van der Waals surface area contributed by atoms with Crippen molar-refractivity contribution in [3.05, 3.63) is 50.4 Å². The molecule has 0 saturated carbocycles. The molecule has 1 N–H and O–H groups in total. The molecule has 0 fully saturated rings. The summed E-state index contributed by atoms with van der Waals surface area (Å²) in [6, 6.07) is 3.94. The van der Waals surface area contributed by atoms with Gasteiger partial charge in [0.25, 0.3) is 0 Å². The lowest BCUT2D eigenvalue weighted by Gasteiger charge is -2.16. The SMILES string of the molecule is CNC(Cc1ccsc1)c1ncc(Cl)cc1Cl. The average Bonchev–Trinajstić information content (AvgIpc) is 2.79. The number of hydrogen-bond acceptors (Lipinski definition) is 3. The first kappa shape index (κ1) is 12.8. The molecule has 0 aliphatic rings. The molecule has 2 nitrogen and oxygen atoms in total. The first-order valence-corrected chi connectivity index (χ1v) is 6.90. The zero-order valence-electron chi connectivity index (χ0n) is 9.28. The lowest BCUT2D eigenvalue weighted by Crippen LogP contribution is -2.20. The Labute approximate surface area is 115 Å². The van der Waals surface area contributed by atoms with E-state index in [2.05, 4.69) is 27.1 Å². The van der Waals surface area contributed by atoms with Gasteiger partial charge in [0.15, 0.2) is 0 Å². The molecule has 0 radical (unpaired) electrons. The van der Waals surface area contributed by atoms with Gasteiger partial charge < -0.3 is 5.32 Å². The van der Waals surface area contributed by atoms with Crippen LogP contribution in [-0.2, 0) is 6.42 Å². The van der Waals surface area contributed by atoms with Gasteiger partial charge in [-0.05, 0) is 41.9 Å².